The van der Waals surface area contributed by atoms with Crippen LogP contribution in [0.5, 0.6) is 0 Å². The number of anilines is 1. The van der Waals surface area contributed by atoms with E-state index in [2.05, 4.69) is 25.5 Å². The number of aryl methyl sites for hydroxylation is 1. The minimum Gasteiger partial charge on any atom is -0.342 e. The van der Waals surface area contributed by atoms with Crippen LogP contribution in [0.1, 0.15) is 16.1 Å². The van der Waals surface area contributed by atoms with Crippen LogP contribution in [0.3, 0.4) is 0 Å². The summed E-state index contributed by atoms with van der Waals surface area (Å²) in [6.45, 7) is 1.90. The summed E-state index contributed by atoms with van der Waals surface area (Å²) < 4.78 is 0. The highest BCUT2D eigenvalue weighted by Gasteiger charge is 2.12. The van der Waals surface area contributed by atoms with Gasteiger partial charge >= 0.3 is 0 Å². The molecule has 0 aliphatic carbocycles. The molecule has 2 aromatic heterocycles. The first-order chi connectivity index (χ1) is 10.6. The van der Waals surface area contributed by atoms with Crippen LogP contribution in [0, 0.1) is 6.92 Å². The number of nitrogens with zero attached hydrogens (tertiary/aromatic N) is 2. The molecule has 3 N–H and O–H groups in total. The zero-order valence-electron chi connectivity index (χ0n) is 11.8. The minimum atomic E-state index is -0.428. The molecule has 2 heterocycles. The second-order valence-electron chi connectivity index (χ2n) is 4.75. The molecule has 0 spiro atoms. The number of nitrogens with one attached hydrogen (secondary N) is 3. The number of H-pyrrole nitrogens is 2. The normalized spacial score (nSPS) is 10.4. The lowest BCUT2D eigenvalue weighted by Crippen LogP contribution is -2.17. The van der Waals surface area contributed by atoms with E-state index in [1.807, 2.05) is 25.1 Å². The maximum absolute atomic E-state index is 12.2. The number of aromatic nitrogens is 4. The molecule has 0 radical (unpaired) electrons. The van der Waals surface area contributed by atoms with E-state index < -0.39 is 11.5 Å². The number of carbonyl (C=O) groups is 1. The summed E-state index contributed by atoms with van der Waals surface area (Å²) in [7, 11) is 0. The Bertz CT molecular complexity index is 881. The number of aromatic amines is 2. The molecular weight excluding hydrogens is 282 g/mol. The lowest BCUT2D eigenvalue weighted by Gasteiger charge is -2.09. The molecule has 0 fully saturated rings. The molecule has 3 rings (SSSR count). The standard InChI is InChI=1S/C15H13N5O2/c1-9-7-16-14(18-9)11-4-2-3-5-12(11)19-15(22)10-6-13(21)20-17-8-10/h2-8H,1H3,(H,16,18)(H,19,22)(H,20,21). The predicted molar refractivity (Wildman–Crippen MR) is 81.6 cm³/mol. The van der Waals surface area contributed by atoms with Crippen LogP contribution in [-0.4, -0.2) is 26.1 Å². The number of para-hydroxylation sites is 1. The highest BCUT2D eigenvalue weighted by Crippen LogP contribution is 2.25. The van der Waals surface area contributed by atoms with Crippen molar-refractivity contribution in [3.05, 3.63) is 64.3 Å². The van der Waals surface area contributed by atoms with Crippen molar-refractivity contribution in [1.29, 1.82) is 0 Å². The average Bonchev–Trinajstić information content (AvgIpc) is 2.94. The molecule has 0 saturated heterocycles. The predicted octanol–water partition coefficient (Wildman–Crippen LogP) is 1.72. The van der Waals surface area contributed by atoms with Gasteiger partial charge in [0, 0.05) is 23.5 Å². The molecule has 1 aromatic carbocycles. The van der Waals surface area contributed by atoms with Crippen molar-refractivity contribution in [2.45, 2.75) is 6.92 Å². The number of imidazole rings is 1. The van der Waals surface area contributed by atoms with Crippen molar-refractivity contribution in [3.63, 3.8) is 0 Å². The van der Waals surface area contributed by atoms with Crippen LogP contribution in [0.15, 0.2) is 47.5 Å². The van der Waals surface area contributed by atoms with E-state index in [1.165, 1.54) is 12.3 Å². The number of rotatable bonds is 3. The van der Waals surface area contributed by atoms with E-state index in [-0.39, 0.29) is 5.56 Å². The zero-order chi connectivity index (χ0) is 15.5. The topological polar surface area (TPSA) is 104 Å². The minimum absolute atomic E-state index is 0.189. The first kappa shape index (κ1) is 13.7. The Hall–Kier alpha value is -3.22. The van der Waals surface area contributed by atoms with Crippen LogP contribution >= 0.6 is 0 Å². The highest BCUT2D eigenvalue weighted by atomic mass is 16.2. The molecule has 0 saturated carbocycles. The Kier molecular flexibility index (Phi) is 3.53. The molecule has 0 unspecified atom stereocenters. The Labute approximate surface area is 125 Å². The van der Waals surface area contributed by atoms with Gasteiger partial charge in [-0.25, -0.2) is 10.1 Å². The number of benzene rings is 1. The summed E-state index contributed by atoms with van der Waals surface area (Å²) in [5, 5.41) is 8.61. The molecule has 3 aromatic rings. The molecule has 0 aliphatic heterocycles. The van der Waals surface area contributed by atoms with Gasteiger partial charge in [-0.2, -0.15) is 5.10 Å². The van der Waals surface area contributed by atoms with Crippen LogP contribution in [0.25, 0.3) is 11.4 Å². The lowest BCUT2D eigenvalue weighted by atomic mass is 10.1. The number of carbonyl (C=O) groups excluding carboxylic acids is 1. The van der Waals surface area contributed by atoms with Crippen molar-refractivity contribution in [2.24, 2.45) is 0 Å². The number of amides is 1. The van der Waals surface area contributed by atoms with E-state index in [0.29, 0.717) is 11.5 Å². The third-order valence-electron chi connectivity index (χ3n) is 3.06. The molecule has 0 bridgehead atoms. The SMILES string of the molecule is Cc1cnc(-c2ccccc2NC(=O)c2cn[nH]c(=O)c2)[nH]1. The van der Waals surface area contributed by atoms with Gasteiger partial charge in [0.25, 0.3) is 11.5 Å². The summed E-state index contributed by atoms with van der Waals surface area (Å²) in [5.41, 5.74) is 2.05. The maximum atomic E-state index is 12.2. The average molecular weight is 295 g/mol. The Balaban J connectivity index is 1.93. The van der Waals surface area contributed by atoms with Crippen molar-refractivity contribution < 1.29 is 4.79 Å². The molecular formula is C15H13N5O2. The van der Waals surface area contributed by atoms with Gasteiger partial charge in [0.2, 0.25) is 0 Å². The molecule has 7 heteroatoms. The van der Waals surface area contributed by atoms with Gasteiger partial charge in [0.1, 0.15) is 5.82 Å². The molecule has 0 atom stereocenters. The first-order valence-electron chi connectivity index (χ1n) is 6.60. The van der Waals surface area contributed by atoms with E-state index >= 15 is 0 Å². The smallest absolute Gasteiger partial charge is 0.264 e. The van der Waals surface area contributed by atoms with E-state index in [0.717, 1.165) is 11.3 Å². The second kappa shape index (κ2) is 5.65. The van der Waals surface area contributed by atoms with Crippen LogP contribution in [-0.2, 0) is 0 Å². The summed E-state index contributed by atoms with van der Waals surface area (Å²) in [4.78, 5) is 30.8. The van der Waals surface area contributed by atoms with Gasteiger partial charge < -0.3 is 10.3 Å². The maximum Gasteiger partial charge on any atom is 0.264 e. The summed E-state index contributed by atoms with van der Waals surface area (Å²) >= 11 is 0. The van der Waals surface area contributed by atoms with Crippen molar-refractivity contribution >= 4 is 11.6 Å². The summed E-state index contributed by atoms with van der Waals surface area (Å²) in [6, 6.07) is 8.49. The van der Waals surface area contributed by atoms with E-state index in [9.17, 15) is 9.59 Å². The third kappa shape index (κ3) is 2.78. The fraction of sp³-hybridized carbons (Fsp3) is 0.0667. The van der Waals surface area contributed by atoms with Gasteiger partial charge in [-0.3, -0.25) is 9.59 Å². The molecule has 7 nitrogen and oxygen atoms in total. The largest absolute Gasteiger partial charge is 0.342 e. The molecule has 110 valence electrons. The highest BCUT2D eigenvalue weighted by molar-refractivity contribution is 6.05. The fourth-order valence-corrected chi connectivity index (χ4v) is 2.04. The monoisotopic (exact) mass is 295 g/mol. The van der Waals surface area contributed by atoms with E-state index in [4.69, 9.17) is 0 Å². The summed E-state index contributed by atoms with van der Waals surface area (Å²) in [6.07, 6.45) is 3.02. The summed E-state index contributed by atoms with van der Waals surface area (Å²) in [5.74, 6) is 0.256. The third-order valence-corrected chi connectivity index (χ3v) is 3.06. The fourth-order valence-electron chi connectivity index (χ4n) is 2.04. The van der Waals surface area contributed by atoms with Crippen molar-refractivity contribution in [2.75, 3.05) is 5.32 Å². The first-order valence-corrected chi connectivity index (χ1v) is 6.60. The van der Waals surface area contributed by atoms with Gasteiger partial charge in [0.05, 0.1) is 17.4 Å². The molecule has 22 heavy (non-hydrogen) atoms. The van der Waals surface area contributed by atoms with Crippen molar-refractivity contribution in [3.8, 4) is 11.4 Å². The van der Waals surface area contributed by atoms with Crippen LogP contribution < -0.4 is 10.9 Å². The van der Waals surface area contributed by atoms with Crippen LogP contribution in [0.2, 0.25) is 0 Å². The quantitative estimate of drug-likeness (QED) is 0.684. The molecule has 0 aliphatic rings. The van der Waals surface area contributed by atoms with Gasteiger partial charge in [-0.05, 0) is 19.1 Å². The van der Waals surface area contributed by atoms with Gasteiger partial charge in [-0.1, -0.05) is 12.1 Å². The molecule has 1 amide bonds. The van der Waals surface area contributed by atoms with Gasteiger partial charge in [-0.15, -0.1) is 0 Å². The zero-order valence-corrected chi connectivity index (χ0v) is 11.8. The van der Waals surface area contributed by atoms with Crippen LogP contribution in [0.4, 0.5) is 5.69 Å². The Morgan fingerprint density at radius 2 is 2.05 bits per heavy atom. The van der Waals surface area contributed by atoms with E-state index in [1.54, 1.807) is 12.3 Å². The number of hydrogen-bond acceptors (Lipinski definition) is 4. The number of hydrogen-bond donors (Lipinski definition) is 3. The van der Waals surface area contributed by atoms with Gasteiger partial charge in [0.15, 0.2) is 0 Å². The lowest BCUT2D eigenvalue weighted by molar-refractivity contribution is 0.102. The second-order valence-corrected chi connectivity index (χ2v) is 4.75. The Morgan fingerprint density at radius 3 is 2.77 bits per heavy atom. The van der Waals surface area contributed by atoms with Crippen molar-refractivity contribution in [1.82, 2.24) is 20.2 Å². The Morgan fingerprint density at radius 1 is 1.23 bits per heavy atom.